The van der Waals surface area contributed by atoms with Crippen molar-refractivity contribution in [3.05, 3.63) is 46.1 Å². The first kappa shape index (κ1) is 15.6. The minimum atomic E-state index is -1.95. The van der Waals surface area contributed by atoms with E-state index in [-0.39, 0.29) is 41.1 Å². The van der Waals surface area contributed by atoms with Crippen molar-refractivity contribution in [2.24, 2.45) is 0 Å². The van der Waals surface area contributed by atoms with Gasteiger partial charge >= 0.3 is 0 Å². The Hall–Kier alpha value is -2.92. The lowest BCUT2D eigenvalue weighted by molar-refractivity contribution is -0.0194. The summed E-state index contributed by atoms with van der Waals surface area (Å²) in [5, 5.41) is 19.5. The Balaban J connectivity index is 2.01. The van der Waals surface area contributed by atoms with Crippen molar-refractivity contribution in [1.29, 1.82) is 0 Å². The van der Waals surface area contributed by atoms with E-state index >= 15 is 0 Å². The number of hydrogen-bond donors (Lipinski definition) is 3. The number of rotatable bonds is 3. The number of aliphatic hydroxyl groups excluding tert-OH is 1. The number of nitrogens with one attached hydrogen (secondary N) is 2. The molecule has 2 unspecified atom stereocenters. The topological polar surface area (TPSA) is 118 Å². The molecule has 0 bridgehead atoms. The van der Waals surface area contributed by atoms with Crippen molar-refractivity contribution >= 4 is 16.5 Å². The number of aromatic nitrogens is 5. The lowest BCUT2D eigenvalue weighted by Crippen LogP contribution is -2.25. The van der Waals surface area contributed by atoms with E-state index in [0.717, 1.165) is 12.1 Å². The number of hydrogen-bond acceptors (Lipinski definition) is 7. The van der Waals surface area contributed by atoms with E-state index in [0.29, 0.717) is 0 Å². The van der Waals surface area contributed by atoms with E-state index in [1.54, 1.807) is 0 Å². The van der Waals surface area contributed by atoms with Gasteiger partial charge in [-0.15, -0.1) is 0 Å². The highest BCUT2D eigenvalue weighted by molar-refractivity contribution is 5.95. The largest absolute Gasteiger partial charge is 0.394 e. The summed E-state index contributed by atoms with van der Waals surface area (Å²) in [5.41, 5.74) is 1.92. The van der Waals surface area contributed by atoms with E-state index in [4.69, 9.17) is 9.94 Å². The van der Waals surface area contributed by atoms with Crippen LogP contribution in [0.5, 0.6) is 0 Å². The maximum atomic E-state index is 14.7. The van der Waals surface area contributed by atoms with Crippen LogP contribution >= 0.6 is 0 Å². The van der Waals surface area contributed by atoms with Crippen molar-refractivity contribution < 1.29 is 18.7 Å². The lowest BCUT2D eigenvalue weighted by atomic mass is 9.98. The molecule has 9 nitrogen and oxygen atoms in total. The maximum Gasteiger partial charge on any atom is 0.272 e. The Morgan fingerprint density at radius 3 is 3.04 bits per heavy atom. The molecule has 0 saturated heterocycles. The number of aliphatic hydroxyl groups is 1. The van der Waals surface area contributed by atoms with Gasteiger partial charge < -0.3 is 5.11 Å². The van der Waals surface area contributed by atoms with Crippen LogP contribution in [0.1, 0.15) is 17.4 Å². The molecule has 1 aromatic carbocycles. The summed E-state index contributed by atoms with van der Waals surface area (Å²) in [6, 6.07) is 2.12. The third-order valence-electron chi connectivity index (χ3n) is 3.96. The predicted molar refractivity (Wildman–Crippen MR) is 80.9 cm³/mol. The number of benzene rings is 1. The van der Waals surface area contributed by atoms with Gasteiger partial charge in [0.05, 0.1) is 29.9 Å². The molecular formula is C14H12F2N6O3. The van der Waals surface area contributed by atoms with Gasteiger partial charge in [-0.2, -0.15) is 10.2 Å². The zero-order valence-corrected chi connectivity index (χ0v) is 12.6. The molecule has 3 N–H and O–H groups in total. The zero-order chi connectivity index (χ0) is 17.6. The van der Waals surface area contributed by atoms with Crippen LogP contribution < -0.4 is 11.0 Å². The standard InChI is InChI=1S/C14H12F2N6O3/c15-6-3-7-9-8(4-6)21-25-12(16)10(11(9)19-20-14(7)24)13-17-5-18-22(13)1-2-23/h3-5,10,12,21,23H,1-2H2,(H,20,24). The highest BCUT2D eigenvalue weighted by atomic mass is 19.1. The molecule has 0 radical (unpaired) electrons. The fraction of sp³-hybridized carbons (Fsp3) is 0.286. The Kier molecular flexibility index (Phi) is 3.66. The minimum absolute atomic E-state index is 0.00317. The first-order chi connectivity index (χ1) is 12.1. The van der Waals surface area contributed by atoms with Crippen molar-refractivity contribution in [2.75, 3.05) is 12.1 Å². The first-order valence-electron chi connectivity index (χ1n) is 7.36. The third kappa shape index (κ3) is 2.44. The monoisotopic (exact) mass is 350 g/mol. The number of alkyl halides is 1. The molecule has 25 heavy (non-hydrogen) atoms. The van der Waals surface area contributed by atoms with Crippen LogP contribution in [0.25, 0.3) is 10.8 Å². The van der Waals surface area contributed by atoms with Gasteiger partial charge in [0, 0.05) is 5.39 Å². The highest BCUT2D eigenvalue weighted by Gasteiger charge is 2.37. The second-order valence-electron chi connectivity index (χ2n) is 5.43. The molecule has 1 aliphatic heterocycles. The van der Waals surface area contributed by atoms with Crippen LogP contribution in [0.2, 0.25) is 0 Å². The van der Waals surface area contributed by atoms with E-state index in [9.17, 15) is 13.6 Å². The summed E-state index contributed by atoms with van der Waals surface area (Å²) < 4.78 is 29.8. The van der Waals surface area contributed by atoms with Gasteiger partial charge in [-0.1, -0.05) is 0 Å². The molecule has 4 rings (SSSR count). The summed E-state index contributed by atoms with van der Waals surface area (Å²) in [6.07, 6.45) is -0.733. The number of anilines is 1. The van der Waals surface area contributed by atoms with Crippen LogP contribution in [-0.2, 0) is 11.4 Å². The van der Waals surface area contributed by atoms with Gasteiger partial charge in [0.25, 0.3) is 5.56 Å². The van der Waals surface area contributed by atoms with E-state index in [2.05, 4.69) is 25.8 Å². The SMILES string of the molecule is O=c1[nH]nc2c3c(cc(F)cc13)NOC(F)C2c1ncnn1CCO. The van der Waals surface area contributed by atoms with Crippen molar-refractivity contribution in [3.63, 3.8) is 0 Å². The van der Waals surface area contributed by atoms with Gasteiger partial charge in [0.15, 0.2) is 0 Å². The van der Waals surface area contributed by atoms with Crippen LogP contribution in [0.15, 0.2) is 23.3 Å². The van der Waals surface area contributed by atoms with Crippen LogP contribution in [0.3, 0.4) is 0 Å². The molecule has 0 fully saturated rings. The smallest absolute Gasteiger partial charge is 0.272 e. The van der Waals surface area contributed by atoms with E-state index in [1.807, 2.05) is 0 Å². The summed E-state index contributed by atoms with van der Waals surface area (Å²) >= 11 is 0. The Morgan fingerprint density at radius 1 is 1.40 bits per heavy atom. The summed E-state index contributed by atoms with van der Waals surface area (Å²) in [5.74, 6) is -1.67. The molecule has 2 aromatic heterocycles. The normalized spacial score (nSPS) is 19.6. The molecule has 0 amide bonds. The number of nitrogens with zero attached hydrogens (tertiary/aromatic N) is 4. The Bertz CT molecular complexity index is 1000. The first-order valence-corrected chi connectivity index (χ1v) is 7.36. The quantitative estimate of drug-likeness (QED) is 0.627. The minimum Gasteiger partial charge on any atom is -0.394 e. The number of halogens is 2. The van der Waals surface area contributed by atoms with Crippen molar-refractivity contribution in [2.45, 2.75) is 18.8 Å². The van der Waals surface area contributed by atoms with Crippen LogP contribution in [0, 0.1) is 5.82 Å². The molecule has 1 aliphatic rings. The molecule has 130 valence electrons. The molecule has 11 heteroatoms. The summed E-state index contributed by atoms with van der Waals surface area (Å²) in [6.45, 7) is -0.135. The van der Waals surface area contributed by atoms with Crippen molar-refractivity contribution in [1.82, 2.24) is 25.0 Å². The van der Waals surface area contributed by atoms with Crippen molar-refractivity contribution in [3.8, 4) is 0 Å². The van der Waals surface area contributed by atoms with Gasteiger partial charge in [0.1, 0.15) is 23.9 Å². The molecule has 2 atom stereocenters. The van der Waals surface area contributed by atoms with Gasteiger partial charge in [0.2, 0.25) is 6.36 Å². The fourth-order valence-electron chi connectivity index (χ4n) is 2.93. The average Bonchev–Trinajstić information content (AvgIpc) is 2.98. The highest BCUT2D eigenvalue weighted by Crippen LogP contribution is 2.38. The molecular weight excluding hydrogens is 338 g/mol. The molecule has 0 aliphatic carbocycles. The summed E-state index contributed by atoms with van der Waals surface area (Å²) in [7, 11) is 0. The molecule has 3 aromatic rings. The van der Waals surface area contributed by atoms with Crippen LogP contribution in [0.4, 0.5) is 14.5 Å². The van der Waals surface area contributed by atoms with Gasteiger partial charge in [-0.05, 0) is 12.1 Å². The number of H-pyrrole nitrogens is 1. The Labute approximate surface area is 138 Å². The van der Waals surface area contributed by atoms with Crippen LogP contribution in [-0.4, -0.2) is 43.0 Å². The summed E-state index contributed by atoms with van der Waals surface area (Å²) in [4.78, 5) is 21.0. The molecule has 3 heterocycles. The maximum absolute atomic E-state index is 14.7. The lowest BCUT2D eigenvalue weighted by Gasteiger charge is -2.18. The third-order valence-corrected chi connectivity index (χ3v) is 3.96. The number of aromatic amines is 1. The molecule has 0 spiro atoms. The van der Waals surface area contributed by atoms with E-state index < -0.39 is 23.7 Å². The van der Waals surface area contributed by atoms with Gasteiger partial charge in [-0.3, -0.25) is 10.3 Å². The van der Waals surface area contributed by atoms with E-state index in [1.165, 1.54) is 11.0 Å². The second kappa shape index (κ2) is 5.86. The van der Waals surface area contributed by atoms with Gasteiger partial charge in [-0.25, -0.2) is 28.4 Å². The second-order valence-corrected chi connectivity index (χ2v) is 5.43. The molecule has 0 saturated carbocycles. The fourth-order valence-corrected chi connectivity index (χ4v) is 2.93. The zero-order valence-electron chi connectivity index (χ0n) is 12.6. The predicted octanol–water partition coefficient (Wildman–Crippen LogP) is 0.431. The Morgan fingerprint density at radius 2 is 2.24 bits per heavy atom. The average molecular weight is 350 g/mol.